The van der Waals surface area contributed by atoms with Crippen LogP contribution >= 0.6 is 23.2 Å². The molecule has 0 atom stereocenters. The summed E-state index contributed by atoms with van der Waals surface area (Å²) in [4.78, 5) is 10.1. The molecule has 0 spiro atoms. The molecular weight excluding hydrogens is 303 g/mol. The third kappa shape index (κ3) is 2.82. The van der Waals surface area contributed by atoms with Crippen molar-refractivity contribution < 1.29 is 9.66 Å². The number of hydrogen-bond acceptors (Lipinski definition) is 4. The molecule has 20 heavy (non-hydrogen) atoms. The molecule has 2 rings (SSSR count). The summed E-state index contributed by atoms with van der Waals surface area (Å²) in [5.74, 6) is 0.532. The molecule has 7 heteroatoms. The molecule has 0 heterocycles. The molecule has 0 aliphatic rings. The first-order valence-corrected chi connectivity index (χ1v) is 6.09. The first kappa shape index (κ1) is 14.1. The summed E-state index contributed by atoms with van der Waals surface area (Å²) in [6.07, 6.45) is 0. The molecule has 0 aliphatic heterocycles. The molecule has 0 unspecified atom stereocenters. The molecule has 0 amide bonds. The monoisotopic (exact) mass is 308 g/mol. The summed E-state index contributed by atoms with van der Waals surface area (Å²) in [5.41, 5.74) is -0.0331. The maximum absolute atomic E-state index is 10.7. The number of halogens is 2. The van der Waals surface area contributed by atoms with Gasteiger partial charge in [-0.2, -0.15) is 5.26 Å². The van der Waals surface area contributed by atoms with Crippen LogP contribution in [0, 0.1) is 21.4 Å². The summed E-state index contributed by atoms with van der Waals surface area (Å²) in [6.45, 7) is 0. The molecule has 2 aromatic carbocycles. The van der Waals surface area contributed by atoms with Gasteiger partial charge in [0.25, 0.3) is 5.69 Å². The Morgan fingerprint density at radius 1 is 1.20 bits per heavy atom. The van der Waals surface area contributed by atoms with Crippen LogP contribution in [0.15, 0.2) is 36.4 Å². The fourth-order valence-corrected chi connectivity index (χ4v) is 1.97. The first-order chi connectivity index (χ1) is 9.52. The maximum Gasteiger partial charge on any atom is 0.288 e. The lowest BCUT2D eigenvalue weighted by atomic mass is 10.2. The van der Waals surface area contributed by atoms with Gasteiger partial charge in [0.15, 0.2) is 0 Å². The summed E-state index contributed by atoms with van der Waals surface area (Å²) in [6, 6.07) is 10.6. The number of nitrogens with zero attached hydrogens (tertiary/aromatic N) is 2. The van der Waals surface area contributed by atoms with Gasteiger partial charge in [-0.1, -0.05) is 29.3 Å². The standard InChI is InChI=1S/C13H6Cl2N2O3/c14-10-2-1-3-13(9(10)7-16)20-8-4-5-12(17(18)19)11(15)6-8/h1-6H. The van der Waals surface area contributed by atoms with E-state index in [2.05, 4.69) is 0 Å². The molecule has 5 nitrogen and oxygen atoms in total. The SMILES string of the molecule is N#Cc1c(Cl)cccc1Oc1ccc([N+](=O)[O-])c(Cl)c1. The van der Waals surface area contributed by atoms with Crippen molar-refractivity contribution in [1.29, 1.82) is 5.26 Å². The lowest BCUT2D eigenvalue weighted by molar-refractivity contribution is -0.384. The average Bonchev–Trinajstić information content (AvgIpc) is 2.38. The number of nitriles is 1. The van der Waals surface area contributed by atoms with E-state index >= 15 is 0 Å². The Morgan fingerprint density at radius 2 is 1.95 bits per heavy atom. The predicted molar refractivity (Wildman–Crippen MR) is 74.3 cm³/mol. The number of hydrogen-bond donors (Lipinski definition) is 0. The Morgan fingerprint density at radius 3 is 2.55 bits per heavy atom. The van der Waals surface area contributed by atoms with E-state index in [1.165, 1.54) is 18.2 Å². The number of benzene rings is 2. The van der Waals surface area contributed by atoms with E-state index < -0.39 is 4.92 Å². The molecule has 0 aliphatic carbocycles. The average molecular weight is 309 g/mol. The minimum atomic E-state index is -0.591. The van der Waals surface area contributed by atoms with Crippen molar-refractivity contribution >= 4 is 28.9 Å². The van der Waals surface area contributed by atoms with Crippen LogP contribution in [0.3, 0.4) is 0 Å². The normalized spacial score (nSPS) is 9.85. The van der Waals surface area contributed by atoms with E-state index in [0.29, 0.717) is 0 Å². The zero-order valence-corrected chi connectivity index (χ0v) is 11.4. The van der Waals surface area contributed by atoms with Gasteiger partial charge in [0.2, 0.25) is 0 Å². The predicted octanol–water partition coefficient (Wildman–Crippen LogP) is 4.57. The van der Waals surface area contributed by atoms with E-state index in [9.17, 15) is 10.1 Å². The van der Waals surface area contributed by atoms with Crippen molar-refractivity contribution in [1.82, 2.24) is 0 Å². The topological polar surface area (TPSA) is 76.2 Å². The summed E-state index contributed by atoms with van der Waals surface area (Å²) >= 11 is 11.7. The second kappa shape index (κ2) is 5.78. The largest absolute Gasteiger partial charge is 0.456 e. The van der Waals surface area contributed by atoms with Gasteiger partial charge in [-0.3, -0.25) is 10.1 Å². The molecule has 0 saturated carbocycles. The number of ether oxygens (including phenoxy) is 1. The highest BCUT2D eigenvalue weighted by molar-refractivity contribution is 6.32. The summed E-state index contributed by atoms with van der Waals surface area (Å²) in [7, 11) is 0. The van der Waals surface area contributed by atoms with E-state index in [1.807, 2.05) is 6.07 Å². The fourth-order valence-electron chi connectivity index (χ4n) is 1.52. The van der Waals surface area contributed by atoms with Gasteiger partial charge in [0.05, 0.1) is 9.95 Å². The van der Waals surface area contributed by atoms with Crippen LogP contribution in [0.1, 0.15) is 5.56 Å². The zero-order chi connectivity index (χ0) is 14.7. The minimum absolute atomic E-state index is 0.0481. The molecule has 0 fully saturated rings. The Labute approximate surface area is 124 Å². The maximum atomic E-state index is 10.7. The van der Waals surface area contributed by atoms with Gasteiger partial charge in [-0.15, -0.1) is 0 Å². The molecule has 0 saturated heterocycles. The van der Waals surface area contributed by atoms with Crippen molar-refractivity contribution in [3.05, 3.63) is 62.1 Å². The van der Waals surface area contributed by atoms with E-state index in [0.717, 1.165) is 0 Å². The molecule has 0 aromatic heterocycles. The number of rotatable bonds is 3. The Bertz CT molecular complexity index is 726. The Kier molecular flexibility index (Phi) is 4.08. The molecule has 100 valence electrons. The van der Waals surface area contributed by atoms with Crippen LogP contribution < -0.4 is 4.74 Å². The zero-order valence-electron chi connectivity index (χ0n) is 9.84. The molecule has 2 aromatic rings. The number of nitro benzene ring substituents is 1. The molecule has 0 radical (unpaired) electrons. The van der Waals surface area contributed by atoms with Gasteiger partial charge < -0.3 is 4.74 Å². The van der Waals surface area contributed by atoms with Crippen LogP contribution in [-0.4, -0.2) is 4.92 Å². The van der Waals surface area contributed by atoms with E-state index in [-0.39, 0.29) is 32.8 Å². The lowest BCUT2D eigenvalue weighted by Crippen LogP contribution is -1.92. The highest BCUT2D eigenvalue weighted by Crippen LogP contribution is 2.33. The quantitative estimate of drug-likeness (QED) is 0.615. The van der Waals surface area contributed by atoms with Crippen LogP contribution in [0.2, 0.25) is 10.0 Å². The second-order valence-electron chi connectivity index (χ2n) is 3.70. The van der Waals surface area contributed by atoms with Crippen LogP contribution in [0.4, 0.5) is 5.69 Å². The molecular formula is C13H6Cl2N2O3. The minimum Gasteiger partial charge on any atom is -0.456 e. The Hall–Kier alpha value is -2.29. The van der Waals surface area contributed by atoms with Crippen molar-refractivity contribution in [2.45, 2.75) is 0 Å². The van der Waals surface area contributed by atoms with Crippen LogP contribution in [0.5, 0.6) is 11.5 Å². The Balaban J connectivity index is 2.37. The van der Waals surface area contributed by atoms with Gasteiger partial charge in [-0.25, -0.2) is 0 Å². The van der Waals surface area contributed by atoms with E-state index in [1.54, 1.807) is 18.2 Å². The van der Waals surface area contributed by atoms with Crippen molar-refractivity contribution in [2.24, 2.45) is 0 Å². The number of nitro groups is 1. The third-order valence-electron chi connectivity index (χ3n) is 2.43. The lowest BCUT2D eigenvalue weighted by Gasteiger charge is -2.08. The van der Waals surface area contributed by atoms with Crippen LogP contribution in [-0.2, 0) is 0 Å². The summed E-state index contributed by atoms with van der Waals surface area (Å²) < 4.78 is 5.48. The van der Waals surface area contributed by atoms with Crippen LogP contribution in [0.25, 0.3) is 0 Å². The molecule has 0 bridgehead atoms. The van der Waals surface area contributed by atoms with Gasteiger partial charge in [0, 0.05) is 12.1 Å². The highest BCUT2D eigenvalue weighted by Gasteiger charge is 2.14. The smallest absolute Gasteiger partial charge is 0.288 e. The first-order valence-electron chi connectivity index (χ1n) is 5.33. The van der Waals surface area contributed by atoms with Gasteiger partial charge in [-0.05, 0) is 18.2 Å². The van der Waals surface area contributed by atoms with Crippen molar-refractivity contribution in [3.8, 4) is 17.6 Å². The van der Waals surface area contributed by atoms with E-state index in [4.69, 9.17) is 33.2 Å². The fraction of sp³-hybridized carbons (Fsp3) is 0. The van der Waals surface area contributed by atoms with Crippen molar-refractivity contribution in [3.63, 3.8) is 0 Å². The van der Waals surface area contributed by atoms with Gasteiger partial charge in [0.1, 0.15) is 28.2 Å². The highest BCUT2D eigenvalue weighted by atomic mass is 35.5. The molecule has 0 N–H and O–H groups in total. The second-order valence-corrected chi connectivity index (χ2v) is 4.51. The van der Waals surface area contributed by atoms with Crippen molar-refractivity contribution in [2.75, 3.05) is 0 Å². The third-order valence-corrected chi connectivity index (χ3v) is 3.05. The summed E-state index contributed by atoms with van der Waals surface area (Å²) in [5, 5.41) is 19.9. The van der Waals surface area contributed by atoms with Gasteiger partial charge >= 0.3 is 0 Å².